The van der Waals surface area contributed by atoms with E-state index in [1.165, 1.54) is 12.1 Å². The van der Waals surface area contributed by atoms with Gasteiger partial charge >= 0.3 is 0 Å². The predicted octanol–water partition coefficient (Wildman–Crippen LogP) is 2.42. The largest absolute Gasteiger partial charge is 0.399 e. The van der Waals surface area contributed by atoms with Gasteiger partial charge < -0.3 is 5.73 Å². The van der Waals surface area contributed by atoms with Gasteiger partial charge in [-0.05, 0) is 48.4 Å². The van der Waals surface area contributed by atoms with Gasteiger partial charge in [-0.1, -0.05) is 12.1 Å². The van der Waals surface area contributed by atoms with Crippen LogP contribution < -0.4 is 5.73 Å². The number of benzene rings is 2. The van der Waals surface area contributed by atoms with E-state index in [0.717, 1.165) is 17.7 Å². The summed E-state index contributed by atoms with van der Waals surface area (Å²) < 4.78 is 36.8. The molecule has 0 radical (unpaired) electrons. The molecule has 0 amide bonds. The molecule has 19 heavy (non-hydrogen) atoms. The van der Waals surface area contributed by atoms with Crippen LogP contribution in [0, 0.1) is 5.82 Å². The van der Waals surface area contributed by atoms with Crippen LogP contribution in [0.2, 0.25) is 0 Å². The first kappa shape index (κ1) is 13.5. The Morgan fingerprint density at radius 1 is 0.947 bits per heavy atom. The highest BCUT2D eigenvalue weighted by molar-refractivity contribution is 7.91. The minimum atomic E-state index is -3.38. The summed E-state index contributed by atoms with van der Waals surface area (Å²) in [7, 11) is -3.38. The maximum Gasteiger partial charge on any atom is 0.178 e. The van der Waals surface area contributed by atoms with Crippen LogP contribution in [0.5, 0.6) is 0 Å². The van der Waals surface area contributed by atoms with Crippen LogP contribution in [0.25, 0.3) is 0 Å². The van der Waals surface area contributed by atoms with Crippen molar-refractivity contribution in [3.05, 3.63) is 59.9 Å². The summed E-state index contributed by atoms with van der Waals surface area (Å²) in [6.07, 6.45) is 0.403. The highest BCUT2D eigenvalue weighted by Gasteiger charge is 2.14. The summed E-state index contributed by atoms with van der Waals surface area (Å²) in [4.78, 5) is 0.143. The van der Waals surface area contributed by atoms with E-state index in [1.54, 1.807) is 24.3 Å². The van der Waals surface area contributed by atoms with Gasteiger partial charge in [-0.15, -0.1) is 0 Å². The van der Waals surface area contributed by atoms with E-state index in [0.29, 0.717) is 12.1 Å². The zero-order valence-electron chi connectivity index (χ0n) is 10.2. The first-order valence-corrected chi connectivity index (χ1v) is 7.45. The van der Waals surface area contributed by atoms with Crippen molar-refractivity contribution in [2.75, 3.05) is 11.5 Å². The maximum atomic E-state index is 12.8. The smallest absolute Gasteiger partial charge is 0.178 e. The average molecular weight is 279 g/mol. The summed E-state index contributed by atoms with van der Waals surface area (Å²) in [5.41, 5.74) is 7.11. The van der Waals surface area contributed by atoms with Crippen molar-refractivity contribution in [3.63, 3.8) is 0 Å². The van der Waals surface area contributed by atoms with Crippen molar-refractivity contribution in [2.24, 2.45) is 0 Å². The molecular formula is C14H14FNO2S. The highest BCUT2D eigenvalue weighted by atomic mass is 32.2. The number of aryl methyl sites for hydroxylation is 1. The molecular weight excluding hydrogens is 265 g/mol. The van der Waals surface area contributed by atoms with Gasteiger partial charge in [-0.3, -0.25) is 0 Å². The number of nitrogens with two attached hydrogens (primary N) is 1. The van der Waals surface area contributed by atoms with E-state index in [2.05, 4.69) is 0 Å². The van der Waals surface area contributed by atoms with E-state index in [9.17, 15) is 12.8 Å². The maximum absolute atomic E-state index is 12.8. The Balaban J connectivity index is 2.09. The van der Waals surface area contributed by atoms with E-state index in [1.807, 2.05) is 0 Å². The molecule has 0 bridgehead atoms. The monoisotopic (exact) mass is 279 g/mol. The Bertz CT molecular complexity index is 649. The molecule has 0 saturated heterocycles. The molecule has 0 aliphatic carbocycles. The summed E-state index contributed by atoms with van der Waals surface area (Å²) in [6, 6.07) is 11.9. The number of hydrogen-bond donors (Lipinski definition) is 1. The van der Waals surface area contributed by atoms with E-state index < -0.39 is 15.7 Å². The Morgan fingerprint density at radius 3 is 2.11 bits per heavy atom. The molecule has 0 aromatic heterocycles. The first-order valence-electron chi connectivity index (χ1n) is 5.80. The average Bonchev–Trinajstić information content (AvgIpc) is 2.39. The lowest BCUT2D eigenvalue weighted by atomic mass is 10.2. The van der Waals surface area contributed by atoms with Crippen molar-refractivity contribution >= 4 is 15.5 Å². The summed E-state index contributed by atoms with van der Waals surface area (Å²) in [6.45, 7) is 0. The van der Waals surface area contributed by atoms with Gasteiger partial charge in [0.1, 0.15) is 5.82 Å². The third-order valence-electron chi connectivity index (χ3n) is 2.81. The molecule has 5 heteroatoms. The second-order valence-electron chi connectivity index (χ2n) is 4.26. The van der Waals surface area contributed by atoms with Crippen molar-refractivity contribution in [3.8, 4) is 0 Å². The molecule has 0 saturated carbocycles. The fourth-order valence-electron chi connectivity index (χ4n) is 1.70. The van der Waals surface area contributed by atoms with Crippen LogP contribution in [-0.2, 0) is 16.3 Å². The van der Waals surface area contributed by atoms with Gasteiger partial charge in [-0.2, -0.15) is 0 Å². The topological polar surface area (TPSA) is 60.2 Å². The Morgan fingerprint density at radius 2 is 1.53 bits per heavy atom. The van der Waals surface area contributed by atoms with Crippen molar-refractivity contribution in [2.45, 2.75) is 11.3 Å². The summed E-state index contributed by atoms with van der Waals surface area (Å²) >= 11 is 0. The van der Waals surface area contributed by atoms with Crippen molar-refractivity contribution in [1.82, 2.24) is 0 Å². The molecule has 2 aromatic rings. The summed E-state index contributed by atoms with van der Waals surface area (Å²) in [5.74, 6) is -0.458. The van der Waals surface area contributed by atoms with E-state index >= 15 is 0 Å². The summed E-state index contributed by atoms with van der Waals surface area (Å²) in [5, 5.41) is 0. The number of nitrogen functional groups attached to an aromatic ring is 1. The van der Waals surface area contributed by atoms with Gasteiger partial charge in [0.2, 0.25) is 0 Å². The number of rotatable bonds is 4. The molecule has 0 spiro atoms. The van der Waals surface area contributed by atoms with Crippen LogP contribution >= 0.6 is 0 Å². The minimum absolute atomic E-state index is 0.0114. The molecule has 0 atom stereocenters. The second kappa shape index (κ2) is 5.40. The molecule has 2 aromatic carbocycles. The first-order chi connectivity index (χ1) is 8.97. The minimum Gasteiger partial charge on any atom is -0.399 e. The van der Waals surface area contributed by atoms with Gasteiger partial charge in [0.05, 0.1) is 10.6 Å². The third-order valence-corrected chi connectivity index (χ3v) is 4.54. The van der Waals surface area contributed by atoms with Crippen molar-refractivity contribution < 1.29 is 12.8 Å². The third kappa shape index (κ3) is 3.54. The number of halogens is 1. The Hall–Kier alpha value is -1.88. The van der Waals surface area contributed by atoms with Crippen LogP contribution in [-0.4, -0.2) is 14.2 Å². The standard InChI is InChI=1S/C14H14FNO2S/c15-12-3-7-14(8-4-12)19(17,18)10-9-11-1-5-13(16)6-2-11/h1-8H,9-10,16H2. The molecule has 100 valence electrons. The predicted molar refractivity (Wildman–Crippen MR) is 73.0 cm³/mol. The lowest BCUT2D eigenvalue weighted by Gasteiger charge is -2.05. The van der Waals surface area contributed by atoms with E-state index in [4.69, 9.17) is 5.73 Å². The number of hydrogen-bond acceptors (Lipinski definition) is 3. The Labute approximate surface area is 111 Å². The molecule has 0 aliphatic rings. The van der Waals surface area contributed by atoms with Gasteiger partial charge in [-0.25, -0.2) is 12.8 Å². The molecule has 2 rings (SSSR count). The second-order valence-corrected chi connectivity index (χ2v) is 6.37. The van der Waals surface area contributed by atoms with Gasteiger partial charge in [0.15, 0.2) is 9.84 Å². The van der Waals surface area contributed by atoms with Gasteiger partial charge in [0.25, 0.3) is 0 Å². The molecule has 0 unspecified atom stereocenters. The lowest BCUT2D eigenvalue weighted by Crippen LogP contribution is -2.09. The lowest BCUT2D eigenvalue weighted by molar-refractivity contribution is 0.594. The number of sulfone groups is 1. The normalized spacial score (nSPS) is 11.4. The van der Waals surface area contributed by atoms with E-state index in [-0.39, 0.29) is 10.6 Å². The zero-order chi connectivity index (χ0) is 13.9. The quantitative estimate of drug-likeness (QED) is 0.690. The molecule has 0 heterocycles. The van der Waals surface area contributed by atoms with Crippen LogP contribution in [0.3, 0.4) is 0 Å². The fourth-order valence-corrected chi connectivity index (χ4v) is 2.99. The van der Waals surface area contributed by atoms with Gasteiger partial charge in [0, 0.05) is 5.69 Å². The van der Waals surface area contributed by atoms with Crippen molar-refractivity contribution in [1.29, 1.82) is 0 Å². The molecule has 3 nitrogen and oxygen atoms in total. The SMILES string of the molecule is Nc1ccc(CCS(=O)(=O)c2ccc(F)cc2)cc1. The fraction of sp³-hybridized carbons (Fsp3) is 0.143. The Kier molecular flexibility index (Phi) is 3.85. The van der Waals surface area contributed by atoms with Crippen LogP contribution in [0.1, 0.15) is 5.56 Å². The molecule has 0 aliphatic heterocycles. The van der Waals surface area contributed by atoms with Crippen LogP contribution in [0.4, 0.5) is 10.1 Å². The van der Waals surface area contributed by atoms with Crippen LogP contribution in [0.15, 0.2) is 53.4 Å². The molecule has 2 N–H and O–H groups in total. The zero-order valence-corrected chi connectivity index (χ0v) is 11.0. The molecule has 0 fully saturated rings. The number of anilines is 1. The highest BCUT2D eigenvalue weighted by Crippen LogP contribution is 2.14.